The maximum absolute atomic E-state index is 13.6. The molecule has 1 atom stereocenters. The van der Waals surface area contributed by atoms with Crippen molar-refractivity contribution in [2.24, 2.45) is 0 Å². The maximum Gasteiger partial charge on any atom is 0.452 e. The van der Waals surface area contributed by atoms with Crippen LogP contribution in [-0.2, 0) is 38.6 Å². The van der Waals surface area contributed by atoms with Crippen LogP contribution in [0.5, 0.6) is 0 Å². The standard InChI is InChI=1S/C34H32F3N5O7/c1-21(2)49-33(47)39-25-15-13-24(14-16-25)30-38-18-27(41-32(46)48-20-23-11-7-4-8-12-23)31(45)42(30)19-28(43)40-26(29(44)34(35,36)37)17-22-9-5-3-6-10-22/h3-16,18,21,26H,17,19-20H2,1-2H3,(H,39,47)(H,40,43)(H,41,46). The summed E-state index contributed by atoms with van der Waals surface area (Å²) in [6, 6.07) is 20.4. The average molecular weight is 680 g/mol. The Hall–Kier alpha value is -5.99. The number of nitrogens with one attached hydrogen (secondary N) is 3. The lowest BCUT2D eigenvalue weighted by Crippen LogP contribution is -2.49. The number of Topliss-reactive ketones (excluding diaryl/α,β-unsaturated/α-hetero) is 1. The summed E-state index contributed by atoms with van der Waals surface area (Å²) < 4.78 is 51.5. The molecule has 12 nitrogen and oxygen atoms in total. The normalized spacial score (nSPS) is 11.7. The molecule has 1 unspecified atom stereocenters. The summed E-state index contributed by atoms with van der Waals surface area (Å²) in [6.45, 7) is 2.35. The molecule has 1 heterocycles. The zero-order valence-electron chi connectivity index (χ0n) is 26.3. The Morgan fingerprint density at radius 3 is 2.04 bits per heavy atom. The van der Waals surface area contributed by atoms with Gasteiger partial charge in [-0.05, 0) is 49.2 Å². The molecule has 0 aliphatic carbocycles. The van der Waals surface area contributed by atoms with Gasteiger partial charge in [-0.15, -0.1) is 0 Å². The van der Waals surface area contributed by atoms with E-state index in [1.807, 2.05) is 0 Å². The van der Waals surface area contributed by atoms with Gasteiger partial charge in [0.05, 0.1) is 12.3 Å². The van der Waals surface area contributed by atoms with Crippen LogP contribution < -0.4 is 21.5 Å². The quantitative estimate of drug-likeness (QED) is 0.178. The second-order valence-electron chi connectivity index (χ2n) is 10.9. The molecule has 3 amide bonds. The number of hydrogen-bond donors (Lipinski definition) is 3. The topological polar surface area (TPSA) is 158 Å². The van der Waals surface area contributed by atoms with Gasteiger partial charge in [-0.1, -0.05) is 60.7 Å². The molecule has 3 aromatic carbocycles. The number of carbonyl (C=O) groups excluding carboxylic acids is 4. The average Bonchev–Trinajstić information content (AvgIpc) is 3.05. The van der Waals surface area contributed by atoms with Crippen molar-refractivity contribution in [2.45, 2.75) is 51.7 Å². The molecule has 0 fully saturated rings. The largest absolute Gasteiger partial charge is 0.452 e. The smallest absolute Gasteiger partial charge is 0.447 e. The molecule has 15 heteroatoms. The van der Waals surface area contributed by atoms with E-state index in [0.717, 1.165) is 10.8 Å². The highest BCUT2D eigenvalue weighted by Gasteiger charge is 2.44. The number of halogens is 3. The predicted molar refractivity (Wildman–Crippen MR) is 173 cm³/mol. The first kappa shape index (κ1) is 35.9. The number of alkyl halides is 3. The van der Waals surface area contributed by atoms with E-state index in [0.29, 0.717) is 16.8 Å². The van der Waals surface area contributed by atoms with Crippen molar-refractivity contribution in [3.63, 3.8) is 0 Å². The van der Waals surface area contributed by atoms with Gasteiger partial charge in [-0.2, -0.15) is 13.2 Å². The highest BCUT2D eigenvalue weighted by molar-refractivity contribution is 5.93. The molecule has 49 heavy (non-hydrogen) atoms. The van der Waals surface area contributed by atoms with Gasteiger partial charge in [-0.25, -0.2) is 14.6 Å². The molecule has 0 saturated carbocycles. The number of rotatable bonds is 12. The Balaban J connectivity index is 1.62. The lowest BCUT2D eigenvalue weighted by atomic mass is 10.0. The van der Waals surface area contributed by atoms with Crippen LogP contribution in [0.1, 0.15) is 25.0 Å². The number of ketones is 1. The van der Waals surface area contributed by atoms with E-state index in [1.165, 1.54) is 36.4 Å². The molecule has 256 valence electrons. The first-order valence-corrected chi connectivity index (χ1v) is 14.9. The number of aromatic nitrogens is 2. The Kier molecular flexibility index (Phi) is 11.9. The van der Waals surface area contributed by atoms with E-state index in [4.69, 9.17) is 9.47 Å². The fraction of sp³-hybridized carbons (Fsp3) is 0.235. The monoisotopic (exact) mass is 679 g/mol. The predicted octanol–water partition coefficient (Wildman–Crippen LogP) is 5.47. The fourth-order valence-electron chi connectivity index (χ4n) is 4.53. The third kappa shape index (κ3) is 10.5. The molecule has 0 saturated heterocycles. The van der Waals surface area contributed by atoms with Gasteiger partial charge in [0.2, 0.25) is 5.91 Å². The molecule has 0 bridgehead atoms. The minimum absolute atomic E-state index is 0.110. The van der Waals surface area contributed by atoms with Crippen LogP contribution in [0.2, 0.25) is 0 Å². The van der Waals surface area contributed by atoms with Crippen LogP contribution in [0.3, 0.4) is 0 Å². The number of amides is 3. The van der Waals surface area contributed by atoms with Crippen LogP contribution in [-0.4, -0.2) is 51.8 Å². The van der Waals surface area contributed by atoms with Crippen molar-refractivity contribution in [1.82, 2.24) is 14.9 Å². The molecule has 4 aromatic rings. The zero-order valence-corrected chi connectivity index (χ0v) is 26.3. The Morgan fingerprint density at radius 2 is 1.45 bits per heavy atom. The number of nitrogens with zero attached hydrogens (tertiary/aromatic N) is 2. The highest BCUT2D eigenvalue weighted by Crippen LogP contribution is 2.22. The summed E-state index contributed by atoms with van der Waals surface area (Å²) in [6.07, 6.45) is -6.76. The molecule has 0 aliphatic heterocycles. The lowest BCUT2D eigenvalue weighted by molar-refractivity contribution is -0.173. The van der Waals surface area contributed by atoms with E-state index >= 15 is 0 Å². The van der Waals surface area contributed by atoms with Crippen molar-refractivity contribution < 1.29 is 41.8 Å². The third-order valence-electron chi connectivity index (χ3n) is 6.74. The van der Waals surface area contributed by atoms with E-state index in [2.05, 4.69) is 20.9 Å². The Morgan fingerprint density at radius 1 is 0.837 bits per heavy atom. The molecule has 0 radical (unpaired) electrons. The molecule has 4 rings (SSSR count). The van der Waals surface area contributed by atoms with Crippen LogP contribution in [0.25, 0.3) is 11.4 Å². The maximum atomic E-state index is 13.6. The SMILES string of the molecule is CC(C)OC(=O)Nc1ccc(-c2ncc(NC(=O)OCc3ccccc3)c(=O)n2CC(=O)NC(Cc2ccccc2)C(=O)C(F)(F)F)cc1. The lowest BCUT2D eigenvalue weighted by Gasteiger charge is -2.20. The van der Waals surface area contributed by atoms with Gasteiger partial charge in [0.15, 0.2) is 0 Å². The summed E-state index contributed by atoms with van der Waals surface area (Å²) in [5.41, 5.74) is 0.288. The first-order chi connectivity index (χ1) is 23.3. The van der Waals surface area contributed by atoms with Crippen LogP contribution in [0, 0.1) is 0 Å². The summed E-state index contributed by atoms with van der Waals surface area (Å²) >= 11 is 0. The van der Waals surface area contributed by atoms with Crippen LogP contribution in [0.4, 0.5) is 34.1 Å². The second-order valence-corrected chi connectivity index (χ2v) is 10.9. The zero-order chi connectivity index (χ0) is 35.6. The van der Waals surface area contributed by atoms with Crippen molar-refractivity contribution in [2.75, 3.05) is 10.6 Å². The molecule has 0 aliphatic rings. The molecule has 3 N–H and O–H groups in total. The van der Waals surface area contributed by atoms with Crippen molar-refractivity contribution >= 4 is 35.3 Å². The van der Waals surface area contributed by atoms with E-state index in [1.54, 1.807) is 62.4 Å². The van der Waals surface area contributed by atoms with Gasteiger partial charge in [0.1, 0.15) is 30.7 Å². The highest BCUT2D eigenvalue weighted by atomic mass is 19.4. The van der Waals surface area contributed by atoms with E-state index in [-0.39, 0.29) is 24.1 Å². The van der Waals surface area contributed by atoms with Crippen LogP contribution in [0.15, 0.2) is 95.9 Å². The van der Waals surface area contributed by atoms with E-state index < -0.39 is 60.3 Å². The number of carbonyl (C=O) groups is 4. The Labute approximate surface area is 278 Å². The summed E-state index contributed by atoms with van der Waals surface area (Å²) in [5, 5.41) is 6.91. The number of ether oxygens (including phenoxy) is 2. The van der Waals surface area contributed by atoms with Gasteiger partial charge < -0.3 is 14.8 Å². The first-order valence-electron chi connectivity index (χ1n) is 14.9. The summed E-state index contributed by atoms with van der Waals surface area (Å²) in [4.78, 5) is 67.9. The summed E-state index contributed by atoms with van der Waals surface area (Å²) in [7, 11) is 0. The second kappa shape index (κ2) is 16.2. The van der Waals surface area contributed by atoms with Crippen LogP contribution >= 0.6 is 0 Å². The fourth-order valence-corrected chi connectivity index (χ4v) is 4.53. The molecular weight excluding hydrogens is 647 g/mol. The van der Waals surface area contributed by atoms with Gasteiger partial charge in [0, 0.05) is 17.7 Å². The van der Waals surface area contributed by atoms with Crippen molar-refractivity contribution in [3.8, 4) is 11.4 Å². The molecule has 1 aromatic heterocycles. The van der Waals surface area contributed by atoms with Gasteiger partial charge in [0.25, 0.3) is 11.3 Å². The minimum atomic E-state index is -5.25. The van der Waals surface area contributed by atoms with Gasteiger partial charge >= 0.3 is 18.4 Å². The number of anilines is 2. The number of benzene rings is 3. The Bertz CT molecular complexity index is 1830. The number of hydrogen-bond acceptors (Lipinski definition) is 8. The van der Waals surface area contributed by atoms with Gasteiger partial charge in [-0.3, -0.25) is 29.6 Å². The molecular formula is C34H32F3N5O7. The summed E-state index contributed by atoms with van der Waals surface area (Å²) in [5.74, 6) is -3.39. The van der Waals surface area contributed by atoms with Crippen molar-refractivity contribution in [1.29, 1.82) is 0 Å². The third-order valence-corrected chi connectivity index (χ3v) is 6.74. The van der Waals surface area contributed by atoms with Crippen molar-refractivity contribution in [3.05, 3.63) is 113 Å². The van der Waals surface area contributed by atoms with E-state index in [9.17, 15) is 37.1 Å². The molecule has 0 spiro atoms. The minimum Gasteiger partial charge on any atom is -0.447 e.